The molecule has 21 aromatic carbocycles. The van der Waals surface area contributed by atoms with Gasteiger partial charge in [0.15, 0.2) is 5.82 Å². The molecule has 0 bridgehead atoms. The number of fused-ring (bicyclic) bond motifs is 30. The molecule has 0 unspecified atom stereocenters. The molecule has 9 heteroatoms. The Morgan fingerprint density at radius 3 is 0.843 bits per heavy atom. The average molecular weight is 1760 g/mol. The quantitative estimate of drug-likeness (QED) is 0.130. The first-order valence-corrected chi connectivity index (χ1v) is 47.9. The number of aromatic nitrogens is 5. The van der Waals surface area contributed by atoms with Gasteiger partial charge < -0.3 is 18.4 Å². The van der Waals surface area contributed by atoms with Gasteiger partial charge in [0.05, 0.1) is 40.2 Å². The molecule has 0 aliphatic heterocycles. The van der Waals surface area contributed by atoms with E-state index in [0.29, 0.717) is 0 Å². The van der Waals surface area contributed by atoms with Crippen LogP contribution in [0.1, 0.15) is 0 Å². The molecule has 6 nitrogen and oxygen atoms in total. The third-order valence-corrected chi connectivity index (χ3v) is 30.5. The Balaban J connectivity index is 0.000000105. The van der Waals surface area contributed by atoms with Gasteiger partial charge in [-0.05, 0) is 194 Å². The van der Waals surface area contributed by atoms with Crippen molar-refractivity contribution in [1.82, 2.24) is 23.7 Å². The smallest absolute Gasteiger partial charge is 0.159 e. The largest absolute Gasteiger partial charge is 0.497 e. The van der Waals surface area contributed by atoms with E-state index >= 15 is 0 Å². The van der Waals surface area contributed by atoms with Crippen LogP contribution in [0.5, 0.6) is 5.75 Å². The number of ether oxygens (including phenoxy) is 1. The summed E-state index contributed by atoms with van der Waals surface area (Å²) in [6.45, 7) is 0. The van der Waals surface area contributed by atoms with Crippen LogP contribution in [0, 0.1) is 0 Å². The molecule has 0 aliphatic rings. The maximum Gasteiger partial charge on any atom is 0.159 e. The number of hydrogen-bond donors (Lipinski definition) is 0. The van der Waals surface area contributed by atoms with E-state index in [9.17, 15) is 0 Å². The molecule has 0 radical (unpaired) electrons. The van der Waals surface area contributed by atoms with Gasteiger partial charge in [-0.15, -0.1) is 34.0 Å². The van der Waals surface area contributed by atoms with Gasteiger partial charge in [-0.25, -0.2) is 9.97 Å². The number of thiophene rings is 3. The van der Waals surface area contributed by atoms with Crippen LogP contribution in [-0.2, 0) is 0 Å². The van der Waals surface area contributed by atoms with E-state index in [1.165, 1.54) is 236 Å². The maximum absolute atomic E-state index is 5.45. The van der Waals surface area contributed by atoms with Gasteiger partial charge in [0.2, 0.25) is 0 Å². The highest BCUT2D eigenvalue weighted by atomic mass is 32.1. The number of benzene rings is 21. The highest BCUT2D eigenvalue weighted by Gasteiger charge is 2.28. The standard InChI is InChI=1S/C46H29NS.C41H27NOS.C38H23N3S/c1-4-12-30(13-5-1)32-20-22-33(23-21-32)35-24-26-39-41(29-35)47(36-16-8-3-9-17-36)45-37-18-10-11-19-38(37)46-44(43(39)45)40-28-34(25-27-42(40)48-46)31-14-6-2-7-15-31;1-43-31-20-16-27(17-21-31)28-18-22-36-34(24-28)38-39-35-25-29(26-10-4-2-5-11-26)19-23-37(35)44-41(39)33-15-9-8-14-32(33)40(38)42(36)30-12-6-3-7-13-30;1-3-10-24(11-4-1)25-17-19-33-31(22-25)35-34-30-23-26(38-39-20-9-21-40-38)16-18-32(30)41(27-12-5-2-6-13-27)36(34)28-14-7-8-15-29(28)37(35)42-33/h1-29H;2-25H,1H3;1-23H. The second-order valence-corrected chi connectivity index (χ2v) is 37.6. The molecule has 0 spiro atoms. The lowest BCUT2D eigenvalue weighted by atomic mass is 9.96. The first-order chi connectivity index (χ1) is 66.4. The molecule has 0 fully saturated rings. The summed E-state index contributed by atoms with van der Waals surface area (Å²) in [4.78, 5) is 9.16. The summed E-state index contributed by atoms with van der Waals surface area (Å²) in [6.07, 6.45) is 3.62. The second-order valence-electron chi connectivity index (χ2n) is 34.4. The van der Waals surface area contributed by atoms with Crippen LogP contribution in [0.15, 0.2) is 461 Å². The van der Waals surface area contributed by atoms with E-state index in [1.807, 2.05) is 64.6 Å². The van der Waals surface area contributed by atoms with E-state index < -0.39 is 0 Å². The number of para-hydroxylation sites is 3. The Kier molecular flexibility index (Phi) is 19.0. The number of nitrogens with zero attached hydrogens (tertiary/aromatic N) is 5. The highest BCUT2D eigenvalue weighted by molar-refractivity contribution is 7.28. The fourth-order valence-corrected chi connectivity index (χ4v) is 24.5. The molecule has 7 heterocycles. The molecular formula is C125H79N5OS3. The van der Waals surface area contributed by atoms with Gasteiger partial charge in [0.25, 0.3) is 0 Å². The summed E-state index contributed by atoms with van der Waals surface area (Å²) in [5.74, 6) is 1.60. The fraction of sp³-hybridized carbons (Fsp3) is 0.00800. The highest BCUT2D eigenvalue weighted by Crippen LogP contribution is 2.54. The SMILES string of the molecule is COc1ccc(-c2ccc3c(c2)c2c4c5cc(-c6ccccc6)ccc5sc4c4ccccc4c2n3-c2ccccc2)cc1.c1ccc(-c2ccc(-c3ccc4c5c6c7cc(-c8ccccc8)ccc7sc6c6ccccc6c5n(-c5ccccc5)c4c3)cc2)cc1.c1ccc(-c2ccc3sc4c5ccccc5c5c(c6cc(-c7ncccn7)ccc6n5-c5ccccc5)c4c3c2)cc1. The monoisotopic (exact) mass is 1760 g/mol. The first-order valence-electron chi connectivity index (χ1n) is 45.4. The Hall–Kier alpha value is -16.7. The molecule has 0 saturated carbocycles. The van der Waals surface area contributed by atoms with Gasteiger partial charge in [-0.1, -0.05) is 322 Å². The third-order valence-electron chi connectivity index (χ3n) is 26.9. The summed E-state index contributed by atoms with van der Waals surface area (Å²) in [5.41, 5.74) is 26.5. The molecular weight excluding hydrogens is 1680 g/mol. The van der Waals surface area contributed by atoms with Crippen LogP contribution >= 0.6 is 34.0 Å². The zero-order chi connectivity index (χ0) is 88.4. The molecule has 134 heavy (non-hydrogen) atoms. The van der Waals surface area contributed by atoms with Gasteiger partial charge in [0, 0.05) is 160 Å². The van der Waals surface area contributed by atoms with Crippen LogP contribution in [-0.4, -0.2) is 30.8 Å². The van der Waals surface area contributed by atoms with Crippen molar-refractivity contribution in [2.45, 2.75) is 0 Å². The van der Waals surface area contributed by atoms with Crippen molar-refractivity contribution in [3.8, 4) is 101 Å². The van der Waals surface area contributed by atoms with Gasteiger partial charge in [-0.2, -0.15) is 0 Å². The summed E-state index contributed by atoms with van der Waals surface area (Å²) in [7, 11) is 1.71. The molecule has 0 saturated heterocycles. The number of methoxy groups -OCH3 is 1. The second kappa shape index (κ2) is 32.5. The van der Waals surface area contributed by atoms with Gasteiger partial charge in [-0.3, -0.25) is 0 Å². The average Bonchev–Trinajstić information content (AvgIpc) is 1.54. The normalized spacial score (nSPS) is 11.8. The molecule has 0 N–H and O–H groups in total. The third kappa shape index (κ3) is 13.0. The first kappa shape index (κ1) is 78.4. The molecule has 7 aromatic heterocycles. The molecule has 0 atom stereocenters. The molecule has 628 valence electrons. The Morgan fingerprint density at radius 1 is 0.194 bits per heavy atom. The van der Waals surface area contributed by atoms with Crippen LogP contribution in [0.25, 0.3) is 253 Å². The minimum absolute atomic E-state index is 0.735. The van der Waals surface area contributed by atoms with Crippen molar-refractivity contribution in [1.29, 1.82) is 0 Å². The van der Waals surface area contributed by atoms with Crippen molar-refractivity contribution in [2.24, 2.45) is 0 Å². The Labute approximate surface area is 783 Å². The molecule has 28 aromatic rings. The van der Waals surface area contributed by atoms with E-state index in [2.05, 4.69) is 454 Å². The topological polar surface area (TPSA) is 49.8 Å². The summed E-state index contributed by atoms with van der Waals surface area (Å²) in [6, 6.07) is 163. The molecule has 0 aliphatic carbocycles. The summed E-state index contributed by atoms with van der Waals surface area (Å²) in [5, 5.41) is 23.3. The predicted molar refractivity (Wildman–Crippen MR) is 574 cm³/mol. The van der Waals surface area contributed by atoms with Crippen LogP contribution in [0.3, 0.4) is 0 Å². The van der Waals surface area contributed by atoms with Gasteiger partial charge >= 0.3 is 0 Å². The zero-order valence-corrected chi connectivity index (χ0v) is 75.2. The van der Waals surface area contributed by atoms with Crippen molar-refractivity contribution in [2.75, 3.05) is 7.11 Å². The van der Waals surface area contributed by atoms with Crippen molar-refractivity contribution in [3.05, 3.63) is 461 Å². The van der Waals surface area contributed by atoms with Crippen LogP contribution < -0.4 is 4.74 Å². The van der Waals surface area contributed by atoms with Crippen molar-refractivity contribution in [3.63, 3.8) is 0 Å². The van der Waals surface area contributed by atoms with Crippen LogP contribution in [0.2, 0.25) is 0 Å². The zero-order valence-electron chi connectivity index (χ0n) is 72.7. The fourth-order valence-electron chi connectivity index (χ4n) is 20.8. The van der Waals surface area contributed by atoms with E-state index in [4.69, 9.17) is 4.74 Å². The van der Waals surface area contributed by atoms with Crippen molar-refractivity contribution < 1.29 is 4.74 Å². The minimum atomic E-state index is 0.735. The van der Waals surface area contributed by atoms with Crippen molar-refractivity contribution >= 4 is 192 Å². The maximum atomic E-state index is 5.45. The minimum Gasteiger partial charge on any atom is -0.497 e. The van der Waals surface area contributed by atoms with Gasteiger partial charge in [0.1, 0.15) is 5.75 Å². The Morgan fingerprint density at radius 2 is 0.463 bits per heavy atom. The summed E-state index contributed by atoms with van der Waals surface area (Å²) < 4.78 is 20.8. The van der Waals surface area contributed by atoms with Crippen LogP contribution in [0.4, 0.5) is 0 Å². The lowest BCUT2D eigenvalue weighted by Crippen LogP contribution is -1.94. The molecule has 28 rings (SSSR count). The number of hydrogen-bond acceptors (Lipinski definition) is 6. The summed E-state index contributed by atoms with van der Waals surface area (Å²) >= 11 is 5.71. The number of rotatable bonds is 11. The van der Waals surface area contributed by atoms with E-state index in [-0.39, 0.29) is 0 Å². The molecule has 0 amide bonds. The lowest BCUT2D eigenvalue weighted by molar-refractivity contribution is 0.415. The lowest BCUT2D eigenvalue weighted by Gasteiger charge is -2.11. The van der Waals surface area contributed by atoms with E-state index in [1.54, 1.807) is 7.11 Å². The Bertz CT molecular complexity index is 9480. The van der Waals surface area contributed by atoms with E-state index in [0.717, 1.165) is 22.8 Å². The predicted octanol–water partition coefficient (Wildman–Crippen LogP) is 35.4.